The Kier molecular flexibility index (Phi) is 5.48. The molecule has 1 aromatic rings. The second kappa shape index (κ2) is 7.55. The van der Waals surface area contributed by atoms with Gasteiger partial charge in [0.2, 0.25) is 6.41 Å². The van der Waals surface area contributed by atoms with E-state index in [9.17, 15) is 14.4 Å². The highest BCUT2D eigenvalue weighted by Crippen LogP contribution is 2.31. The molecule has 23 heavy (non-hydrogen) atoms. The lowest BCUT2D eigenvalue weighted by molar-refractivity contribution is -0.194. The zero-order valence-electron chi connectivity index (χ0n) is 12.9. The van der Waals surface area contributed by atoms with Crippen LogP contribution in [0.2, 0.25) is 0 Å². The number of likely N-dealkylation sites (N-methyl/N-ethyl adjacent to an activating group) is 1. The first-order chi connectivity index (χ1) is 11.0. The SMILES string of the molecule is CC(=O)/C(=C/c1cccc2c1OOC2)C(=O)OCCN(C)C=O. The normalized spacial score (nSPS) is 13.0. The third kappa shape index (κ3) is 4.17. The highest BCUT2D eigenvalue weighted by atomic mass is 17.2. The lowest BCUT2D eigenvalue weighted by atomic mass is 10.0. The standard InChI is InChI=1S/C16H17NO6/c1-11(19)14(16(20)21-7-6-17(2)10-18)8-12-4-3-5-13-9-22-23-15(12)13/h3-5,8,10H,6-7,9H2,1-2H3/b14-8-. The van der Waals surface area contributed by atoms with Gasteiger partial charge in [-0.2, -0.15) is 4.89 Å². The molecule has 0 saturated heterocycles. The molecule has 0 N–H and O–H groups in total. The number of Topliss-reactive ketones (excluding diaryl/α,β-unsaturated/α-hetero) is 1. The predicted molar refractivity (Wildman–Crippen MR) is 80.2 cm³/mol. The summed E-state index contributed by atoms with van der Waals surface area (Å²) in [4.78, 5) is 45.6. The highest BCUT2D eigenvalue weighted by Gasteiger charge is 2.21. The number of benzene rings is 1. The molecule has 0 radical (unpaired) electrons. The average molecular weight is 319 g/mol. The fraction of sp³-hybridized carbons (Fsp3) is 0.312. The van der Waals surface area contributed by atoms with Crippen LogP contribution in [0.4, 0.5) is 0 Å². The Morgan fingerprint density at radius 3 is 2.87 bits per heavy atom. The fourth-order valence-corrected chi connectivity index (χ4v) is 1.96. The van der Waals surface area contributed by atoms with Crippen molar-refractivity contribution in [3.05, 3.63) is 34.9 Å². The highest BCUT2D eigenvalue weighted by molar-refractivity contribution is 6.19. The third-order valence-electron chi connectivity index (χ3n) is 3.24. The summed E-state index contributed by atoms with van der Waals surface area (Å²) in [5, 5.41) is 0. The zero-order chi connectivity index (χ0) is 16.8. The molecular weight excluding hydrogens is 302 g/mol. The van der Waals surface area contributed by atoms with Gasteiger partial charge >= 0.3 is 5.97 Å². The first kappa shape index (κ1) is 16.7. The van der Waals surface area contributed by atoms with E-state index in [0.717, 1.165) is 5.56 Å². The maximum absolute atomic E-state index is 12.1. The molecule has 1 aliphatic rings. The summed E-state index contributed by atoms with van der Waals surface area (Å²) >= 11 is 0. The molecule has 7 nitrogen and oxygen atoms in total. The molecule has 1 heterocycles. The predicted octanol–water partition coefficient (Wildman–Crippen LogP) is 1.11. The molecule has 1 aliphatic heterocycles. The molecule has 122 valence electrons. The summed E-state index contributed by atoms with van der Waals surface area (Å²) in [6.07, 6.45) is 2.04. The van der Waals surface area contributed by atoms with Gasteiger partial charge in [-0.1, -0.05) is 18.2 Å². The molecule has 0 unspecified atom stereocenters. The maximum atomic E-state index is 12.1. The molecule has 1 amide bonds. The zero-order valence-corrected chi connectivity index (χ0v) is 12.9. The number of amides is 1. The monoisotopic (exact) mass is 319 g/mol. The molecular formula is C16H17NO6. The Morgan fingerprint density at radius 1 is 1.39 bits per heavy atom. The number of nitrogens with zero attached hydrogens (tertiary/aromatic N) is 1. The summed E-state index contributed by atoms with van der Waals surface area (Å²) < 4.78 is 5.03. The Labute approximate surface area is 133 Å². The first-order valence-corrected chi connectivity index (χ1v) is 6.99. The molecule has 0 spiro atoms. The molecule has 1 aromatic carbocycles. The van der Waals surface area contributed by atoms with Crippen LogP contribution in [0, 0.1) is 0 Å². The van der Waals surface area contributed by atoms with Crippen molar-refractivity contribution in [2.24, 2.45) is 0 Å². The van der Waals surface area contributed by atoms with Crippen LogP contribution in [0.1, 0.15) is 18.1 Å². The Morgan fingerprint density at radius 2 is 2.17 bits per heavy atom. The topological polar surface area (TPSA) is 82.1 Å². The Bertz CT molecular complexity index is 652. The van der Waals surface area contributed by atoms with Crippen molar-refractivity contribution in [2.75, 3.05) is 20.2 Å². The van der Waals surface area contributed by atoms with Crippen molar-refractivity contribution in [2.45, 2.75) is 13.5 Å². The second-order valence-corrected chi connectivity index (χ2v) is 5.02. The minimum atomic E-state index is -0.742. The van der Waals surface area contributed by atoms with E-state index in [-0.39, 0.29) is 18.7 Å². The van der Waals surface area contributed by atoms with Crippen LogP contribution in [-0.4, -0.2) is 43.3 Å². The number of para-hydroxylation sites is 1. The van der Waals surface area contributed by atoms with E-state index >= 15 is 0 Å². The molecule has 0 saturated carbocycles. The summed E-state index contributed by atoms with van der Waals surface area (Å²) in [6, 6.07) is 5.33. The van der Waals surface area contributed by atoms with Gasteiger partial charge < -0.3 is 14.5 Å². The van der Waals surface area contributed by atoms with Gasteiger partial charge in [-0.3, -0.25) is 9.59 Å². The molecule has 0 aliphatic carbocycles. The van der Waals surface area contributed by atoms with E-state index < -0.39 is 11.8 Å². The summed E-state index contributed by atoms with van der Waals surface area (Å²) in [6.45, 7) is 1.85. The van der Waals surface area contributed by atoms with Crippen LogP contribution < -0.4 is 4.89 Å². The van der Waals surface area contributed by atoms with Gasteiger partial charge in [0.15, 0.2) is 11.5 Å². The lowest BCUT2D eigenvalue weighted by Crippen LogP contribution is -2.24. The lowest BCUT2D eigenvalue weighted by Gasteiger charge is -2.11. The van der Waals surface area contributed by atoms with Crippen molar-refractivity contribution in [3.63, 3.8) is 0 Å². The number of esters is 1. The van der Waals surface area contributed by atoms with E-state index in [1.54, 1.807) is 19.2 Å². The van der Waals surface area contributed by atoms with Gasteiger partial charge in [0.1, 0.15) is 18.8 Å². The quantitative estimate of drug-likeness (QED) is 0.187. The van der Waals surface area contributed by atoms with Crippen LogP contribution in [0.15, 0.2) is 23.8 Å². The molecule has 0 aromatic heterocycles. The minimum Gasteiger partial charge on any atom is -0.460 e. The van der Waals surface area contributed by atoms with Crippen molar-refractivity contribution >= 4 is 24.2 Å². The number of fused-ring (bicyclic) bond motifs is 1. The third-order valence-corrected chi connectivity index (χ3v) is 3.24. The van der Waals surface area contributed by atoms with Crippen LogP contribution in [0.3, 0.4) is 0 Å². The van der Waals surface area contributed by atoms with Crippen molar-refractivity contribution in [3.8, 4) is 5.75 Å². The van der Waals surface area contributed by atoms with E-state index in [1.165, 1.54) is 17.9 Å². The number of hydrogen-bond donors (Lipinski definition) is 0. The van der Waals surface area contributed by atoms with Crippen LogP contribution in [-0.2, 0) is 30.6 Å². The second-order valence-electron chi connectivity index (χ2n) is 5.02. The minimum absolute atomic E-state index is 0.00516. The number of ketones is 1. The summed E-state index contributed by atoms with van der Waals surface area (Å²) in [7, 11) is 1.56. The Hall–Kier alpha value is -2.67. The maximum Gasteiger partial charge on any atom is 0.341 e. The molecule has 7 heteroatoms. The van der Waals surface area contributed by atoms with Crippen molar-refractivity contribution in [1.82, 2.24) is 4.90 Å². The number of carbonyl (C=O) groups is 3. The largest absolute Gasteiger partial charge is 0.460 e. The van der Waals surface area contributed by atoms with Crippen LogP contribution in [0.5, 0.6) is 5.75 Å². The Balaban J connectivity index is 2.15. The number of hydrogen-bond acceptors (Lipinski definition) is 6. The van der Waals surface area contributed by atoms with E-state index in [0.29, 0.717) is 24.3 Å². The summed E-state index contributed by atoms with van der Waals surface area (Å²) in [5.74, 6) is -0.677. The van der Waals surface area contributed by atoms with Gasteiger partial charge in [0, 0.05) is 18.2 Å². The summed E-state index contributed by atoms with van der Waals surface area (Å²) in [5.41, 5.74) is 1.30. The van der Waals surface area contributed by atoms with Crippen LogP contribution >= 0.6 is 0 Å². The van der Waals surface area contributed by atoms with Crippen molar-refractivity contribution in [1.29, 1.82) is 0 Å². The molecule has 0 atom stereocenters. The number of rotatable bonds is 7. The van der Waals surface area contributed by atoms with Crippen LogP contribution in [0.25, 0.3) is 6.08 Å². The van der Waals surface area contributed by atoms with Gasteiger partial charge in [-0.15, -0.1) is 0 Å². The molecule has 0 fully saturated rings. The van der Waals surface area contributed by atoms with E-state index in [2.05, 4.69) is 0 Å². The fourth-order valence-electron chi connectivity index (χ4n) is 1.96. The number of ether oxygens (including phenoxy) is 1. The van der Waals surface area contributed by atoms with Gasteiger partial charge in [0.25, 0.3) is 0 Å². The van der Waals surface area contributed by atoms with Gasteiger partial charge in [-0.05, 0) is 13.0 Å². The average Bonchev–Trinajstić information content (AvgIpc) is 3.01. The van der Waals surface area contributed by atoms with E-state index in [1.807, 2.05) is 6.07 Å². The van der Waals surface area contributed by atoms with E-state index in [4.69, 9.17) is 14.5 Å². The van der Waals surface area contributed by atoms with Gasteiger partial charge in [-0.25, -0.2) is 4.79 Å². The number of carbonyl (C=O) groups excluding carboxylic acids is 3. The molecule has 2 rings (SSSR count). The van der Waals surface area contributed by atoms with Gasteiger partial charge in [0.05, 0.1) is 6.54 Å². The first-order valence-electron chi connectivity index (χ1n) is 6.99. The van der Waals surface area contributed by atoms with Crippen molar-refractivity contribution < 1.29 is 28.9 Å². The smallest absolute Gasteiger partial charge is 0.341 e. The molecule has 0 bridgehead atoms.